The second-order valence-electron chi connectivity index (χ2n) is 7.63. The number of benzene rings is 2. The molecule has 31 heavy (non-hydrogen) atoms. The van der Waals surface area contributed by atoms with E-state index in [2.05, 4.69) is 15.1 Å². The molecule has 0 unspecified atom stereocenters. The molecule has 2 heterocycles. The van der Waals surface area contributed by atoms with Gasteiger partial charge in [-0.1, -0.05) is 24.3 Å². The van der Waals surface area contributed by atoms with Crippen LogP contribution in [0.2, 0.25) is 0 Å². The first-order valence-electron chi connectivity index (χ1n) is 10.1. The predicted molar refractivity (Wildman–Crippen MR) is 118 cm³/mol. The maximum atomic E-state index is 12.8. The summed E-state index contributed by atoms with van der Waals surface area (Å²) in [6.07, 6.45) is 0. The van der Waals surface area contributed by atoms with Crippen LogP contribution in [0, 0.1) is 24.0 Å². The normalized spacial score (nSPS) is 13.9. The van der Waals surface area contributed by atoms with Gasteiger partial charge in [0.1, 0.15) is 0 Å². The Morgan fingerprint density at radius 3 is 2.29 bits per heavy atom. The van der Waals surface area contributed by atoms with E-state index >= 15 is 0 Å². The fourth-order valence-electron chi connectivity index (χ4n) is 3.81. The van der Waals surface area contributed by atoms with Gasteiger partial charge in [0.25, 0.3) is 11.6 Å². The van der Waals surface area contributed by atoms with Crippen molar-refractivity contribution in [3.05, 3.63) is 81.4 Å². The molecule has 8 nitrogen and oxygen atoms in total. The molecule has 1 aromatic heterocycles. The number of aromatic nitrogens is 2. The van der Waals surface area contributed by atoms with Gasteiger partial charge in [0, 0.05) is 48.9 Å². The van der Waals surface area contributed by atoms with E-state index in [1.807, 2.05) is 43.3 Å². The Morgan fingerprint density at radius 1 is 0.935 bits per heavy atom. The maximum absolute atomic E-state index is 12.8. The zero-order valence-electron chi connectivity index (χ0n) is 17.5. The van der Waals surface area contributed by atoms with Crippen LogP contribution in [0.25, 0.3) is 11.3 Å². The highest BCUT2D eigenvalue weighted by atomic mass is 16.6. The summed E-state index contributed by atoms with van der Waals surface area (Å²) in [6, 6.07) is 16.5. The third-order valence-corrected chi connectivity index (χ3v) is 5.60. The van der Waals surface area contributed by atoms with Crippen molar-refractivity contribution in [3.63, 3.8) is 0 Å². The Kier molecular flexibility index (Phi) is 5.62. The molecule has 0 bridgehead atoms. The van der Waals surface area contributed by atoms with Crippen LogP contribution in [-0.2, 0) is 0 Å². The van der Waals surface area contributed by atoms with Gasteiger partial charge in [-0.3, -0.25) is 14.9 Å². The highest BCUT2D eigenvalue weighted by molar-refractivity contribution is 5.95. The van der Waals surface area contributed by atoms with Crippen molar-refractivity contribution < 1.29 is 9.72 Å². The molecule has 0 aliphatic carbocycles. The smallest absolute Gasteiger partial charge is 0.272 e. The zero-order valence-corrected chi connectivity index (χ0v) is 17.5. The molecule has 1 aliphatic heterocycles. The number of anilines is 1. The largest absolute Gasteiger partial charge is 0.352 e. The summed E-state index contributed by atoms with van der Waals surface area (Å²) in [4.78, 5) is 27.3. The minimum Gasteiger partial charge on any atom is -0.352 e. The molecule has 0 radical (unpaired) electrons. The number of carbonyl (C=O) groups excluding carboxylic acids is 1. The minimum atomic E-state index is -0.437. The van der Waals surface area contributed by atoms with Gasteiger partial charge < -0.3 is 9.80 Å². The lowest BCUT2D eigenvalue weighted by atomic mass is 10.1. The SMILES string of the molecule is Cc1ccccc1-c1ccc(N2CCN(C(=O)c3ccc([N+](=O)[O-])c(C)c3)CC2)nn1. The van der Waals surface area contributed by atoms with E-state index in [4.69, 9.17) is 0 Å². The molecule has 2 aromatic carbocycles. The third-order valence-electron chi connectivity index (χ3n) is 5.60. The van der Waals surface area contributed by atoms with Gasteiger partial charge in [0.2, 0.25) is 0 Å². The highest BCUT2D eigenvalue weighted by Crippen LogP contribution is 2.23. The Balaban J connectivity index is 1.40. The number of piperazine rings is 1. The molecule has 1 aliphatic rings. The molecule has 0 saturated carbocycles. The van der Waals surface area contributed by atoms with Crippen LogP contribution in [0.1, 0.15) is 21.5 Å². The number of nitro groups is 1. The van der Waals surface area contributed by atoms with Crippen molar-refractivity contribution in [3.8, 4) is 11.3 Å². The molecule has 1 fully saturated rings. The first-order chi connectivity index (χ1) is 14.9. The number of nitro benzene ring substituents is 1. The molecule has 158 valence electrons. The number of amides is 1. The number of nitrogens with zero attached hydrogens (tertiary/aromatic N) is 5. The summed E-state index contributed by atoms with van der Waals surface area (Å²) < 4.78 is 0. The molecule has 0 spiro atoms. The van der Waals surface area contributed by atoms with Crippen molar-refractivity contribution >= 4 is 17.4 Å². The molecule has 1 amide bonds. The van der Waals surface area contributed by atoms with Crippen molar-refractivity contribution in [2.24, 2.45) is 0 Å². The van der Waals surface area contributed by atoms with E-state index in [0.717, 1.165) is 22.6 Å². The summed E-state index contributed by atoms with van der Waals surface area (Å²) in [6.45, 7) is 6.10. The molecule has 0 atom stereocenters. The second-order valence-corrected chi connectivity index (χ2v) is 7.63. The predicted octanol–water partition coefficient (Wildman–Crippen LogP) is 3.63. The van der Waals surface area contributed by atoms with E-state index in [1.54, 1.807) is 17.9 Å². The van der Waals surface area contributed by atoms with Gasteiger partial charge in [0.05, 0.1) is 10.6 Å². The summed E-state index contributed by atoms with van der Waals surface area (Å²) in [5.74, 6) is 0.675. The monoisotopic (exact) mass is 417 g/mol. The number of hydrogen-bond acceptors (Lipinski definition) is 6. The van der Waals surface area contributed by atoms with Crippen molar-refractivity contribution in [1.82, 2.24) is 15.1 Å². The Morgan fingerprint density at radius 2 is 1.68 bits per heavy atom. The lowest BCUT2D eigenvalue weighted by molar-refractivity contribution is -0.385. The van der Waals surface area contributed by atoms with E-state index < -0.39 is 4.92 Å². The summed E-state index contributed by atoms with van der Waals surface area (Å²) in [5, 5.41) is 19.8. The van der Waals surface area contributed by atoms with Gasteiger partial charge in [-0.05, 0) is 43.7 Å². The quantitative estimate of drug-likeness (QED) is 0.475. The van der Waals surface area contributed by atoms with E-state index in [-0.39, 0.29) is 11.6 Å². The topological polar surface area (TPSA) is 92.5 Å². The van der Waals surface area contributed by atoms with E-state index in [0.29, 0.717) is 37.3 Å². The number of rotatable bonds is 4. The number of carbonyl (C=O) groups is 1. The third kappa shape index (κ3) is 4.23. The Hall–Kier alpha value is -3.81. The first-order valence-corrected chi connectivity index (χ1v) is 10.1. The van der Waals surface area contributed by atoms with Gasteiger partial charge in [-0.2, -0.15) is 0 Å². The fourth-order valence-corrected chi connectivity index (χ4v) is 3.81. The summed E-state index contributed by atoms with van der Waals surface area (Å²) in [7, 11) is 0. The Labute approximate surface area is 180 Å². The fraction of sp³-hybridized carbons (Fsp3) is 0.261. The Bertz CT molecular complexity index is 1120. The van der Waals surface area contributed by atoms with E-state index in [9.17, 15) is 14.9 Å². The first kappa shape index (κ1) is 20.5. The van der Waals surface area contributed by atoms with Gasteiger partial charge in [0.15, 0.2) is 5.82 Å². The standard InChI is InChI=1S/C23H23N5O3/c1-16-5-3-4-6-19(16)20-8-10-22(25-24-20)26-11-13-27(14-12-26)23(29)18-7-9-21(28(30)31)17(2)15-18/h3-10,15H,11-14H2,1-2H3. The number of aryl methyl sites for hydroxylation is 2. The number of hydrogen-bond donors (Lipinski definition) is 0. The van der Waals surface area contributed by atoms with Crippen LogP contribution in [-0.4, -0.2) is 52.1 Å². The molecule has 8 heteroatoms. The molecule has 4 rings (SSSR count). The van der Waals surface area contributed by atoms with Gasteiger partial charge >= 0.3 is 0 Å². The summed E-state index contributed by atoms with van der Waals surface area (Å²) in [5.41, 5.74) is 4.03. The molecular weight excluding hydrogens is 394 g/mol. The molecular formula is C23H23N5O3. The van der Waals surface area contributed by atoms with Crippen molar-refractivity contribution in [1.29, 1.82) is 0 Å². The van der Waals surface area contributed by atoms with Gasteiger partial charge in [-0.15, -0.1) is 10.2 Å². The van der Waals surface area contributed by atoms with Crippen molar-refractivity contribution in [2.75, 3.05) is 31.1 Å². The maximum Gasteiger partial charge on any atom is 0.272 e. The van der Waals surface area contributed by atoms with Crippen molar-refractivity contribution in [2.45, 2.75) is 13.8 Å². The zero-order chi connectivity index (χ0) is 22.0. The molecule has 3 aromatic rings. The average molecular weight is 417 g/mol. The average Bonchev–Trinajstić information content (AvgIpc) is 2.79. The molecule has 1 saturated heterocycles. The van der Waals surface area contributed by atoms with Crippen LogP contribution in [0.4, 0.5) is 11.5 Å². The lowest BCUT2D eigenvalue weighted by Gasteiger charge is -2.35. The van der Waals surface area contributed by atoms with Gasteiger partial charge in [-0.25, -0.2) is 0 Å². The summed E-state index contributed by atoms with van der Waals surface area (Å²) >= 11 is 0. The molecule has 0 N–H and O–H groups in total. The van der Waals surface area contributed by atoms with E-state index in [1.165, 1.54) is 12.1 Å². The lowest BCUT2D eigenvalue weighted by Crippen LogP contribution is -2.49. The van der Waals surface area contributed by atoms with Crippen LogP contribution in [0.3, 0.4) is 0 Å². The van der Waals surface area contributed by atoms with Crippen LogP contribution >= 0.6 is 0 Å². The van der Waals surface area contributed by atoms with Crippen LogP contribution in [0.5, 0.6) is 0 Å². The minimum absolute atomic E-state index is 0.0223. The highest BCUT2D eigenvalue weighted by Gasteiger charge is 2.24. The van der Waals surface area contributed by atoms with Crippen LogP contribution < -0.4 is 4.90 Å². The van der Waals surface area contributed by atoms with Crippen LogP contribution in [0.15, 0.2) is 54.6 Å². The second kappa shape index (κ2) is 8.51.